The fraction of sp³-hybridized carbons (Fsp3) is 0.286. The van der Waals surface area contributed by atoms with Gasteiger partial charge in [0.25, 0.3) is 0 Å². The van der Waals surface area contributed by atoms with Crippen LogP contribution in [-0.4, -0.2) is 17.4 Å². The number of aryl methyl sites for hydroxylation is 1. The number of hydrogen-bond donors (Lipinski definition) is 1. The Morgan fingerprint density at radius 3 is 2.32 bits per heavy atom. The Labute approximate surface area is 108 Å². The van der Waals surface area contributed by atoms with Crippen molar-refractivity contribution in [3.63, 3.8) is 0 Å². The van der Waals surface area contributed by atoms with E-state index in [4.69, 9.17) is 9.52 Å². The van der Waals surface area contributed by atoms with E-state index >= 15 is 0 Å². The maximum atomic E-state index is 12.2. The molecule has 0 aliphatic rings. The zero-order chi connectivity index (χ0) is 14.0. The lowest BCUT2D eigenvalue weighted by molar-refractivity contribution is -0.203. The maximum absolute atomic E-state index is 12.2. The highest BCUT2D eigenvalue weighted by atomic mass is 19.4. The van der Waals surface area contributed by atoms with E-state index in [1.165, 1.54) is 6.07 Å². The van der Waals surface area contributed by atoms with Crippen LogP contribution in [0.4, 0.5) is 13.2 Å². The van der Waals surface area contributed by atoms with Crippen LogP contribution in [0.15, 0.2) is 40.8 Å². The molecule has 1 N–H and O–H groups in total. The minimum absolute atomic E-state index is 0.111. The first-order chi connectivity index (χ1) is 8.86. The molecule has 1 aromatic carbocycles. The maximum Gasteiger partial charge on any atom is 0.414 e. The number of furan rings is 1. The van der Waals surface area contributed by atoms with Gasteiger partial charge in [0.15, 0.2) is 6.10 Å². The summed E-state index contributed by atoms with van der Waals surface area (Å²) in [5.41, 5.74) is 1.88. The van der Waals surface area contributed by atoms with Crippen molar-refractivity contribution in [3.8, 4) is 11.3 Å². The molecule has 19 heavy (non-hydrogen) atoms. The van der Waals surface area contributed by atoms with Gasteiger partial charge in [-0.3, -0.25) is 0 Å². The van der Waals surface area contributed by atoms with E-state index in [0.717, 1.165) is 11.1 Å². The van der Waals surface area contributed by atoms with Crippen molar-refractivity contribution in [1.29, 1.82) is 0 Å². The molecule has 0 fully saturated rings. The molecule has 102 valence electrons. The topological polar surface area (TPSA) is 33.4 Å². The molecular weight excluding hydrogens is 257 g/mol. The first-order valence-corrected chi connectivity index (χ1v) is 5.77. The molecule has 1 unspecified atom stereocenters. The SMILES string of the molecule is Cc1ccc(-c2ccc(CC(O)C(F)(F)F)o2)cc1. The fourth-order valence-corrected chi connectivity index (χ4v) is 1.67. The van der Waals surface area contributed by atoms with Crippen molar-refractivity contribution >= 4 is 0 Å². The molecule has 0 aliphatic carbocycles. The Bertz CT molecular complexity index is 541. The van der Waals surface area contributed by atoms with E-state index in [1.54, 1.807) is 6.07 Å². The normalized spacial score (nSPS) is 13.5. The van der Waals surface area contributed by atoms with Gasteiger partial charge in [-0.2, -0.15) is 13.2 Å². The van der Waals surface area contributed by atoms with Crippen molar-refractivity contribution in [2.75, 3.05) is 0 Å². The Morgan fingerprint density at radius 2 is 1.74 bits per heavy atom. The van der Waals surface area contributed by atoms with Gasteiger partial charge >= 0.3 is 6.18 Å². The van der Waals surface area contributed by atoms with Crippen LogP contribution in [0.25, 0.3) is 11.3 Å². The lowest BCUT2D eigenvalue weighted by Gasteiger charge is -2.12. The Kier molecular flexibility index (Phi) is 3.66. The molecule has 1 aromatic heterocycles. The molecule has 2 rings (SSSR count). The number of alkyl halides is 3. The largest absolute Gasteiger partial charge is 0.461 e. The van der Waals surface area contributed by atoms with Crippen molar-refractivity contribution in [2.45, 2.75) is 25.6 Å². The highest BCUT2D eigenvalue weighted by molar-refractivity contribution is 5.57. The fourth-order valence-electron chi connectivity index (χ4n) is 1.67. The van der Waals surface area contributed by atoms with Crippen molar-refractivity contribution in [1.82, 2.24) is 0 Å². The molecule has 0 saturated carbocycles. The molecule has 0 bridgehead atoms. The number of hydrogen-bond acceptors (Lipinski definition) is 2. The summed E-state index contributed by atoms with van der Waals surface area (Å²) >= 11 is 0. The average Bonchev–Trinajstić information content (AvgIpc) is 2.77. The van der Waals surface area contributed by atoms with Gasteiger partial charge in [0, 0.05) is 12.0 Å². The predicted octanol–water partition coefficient (Wildman–Crippen LogP) is 3.72. The number of benzene rings is 1. The van der Waals surface area contributed by atoms with Crippen molar-refractivity contribution < 1.29 is 22.7 Å². The summed E-state index contributed by atoms with van der Waals surface area (Å²) in [7, 11) is 0. The summed E-state index contributed by atoms with van der Waals surface area (Å²) in [4.78, 5) is 0. The summed E-state index contributed by atoms with van der Waals surface area (Å²) in [6.45, 7) is 1.94. The van der Waals surface area contributed by atoms with Crippen LogP contribution in [0.3, 0.4) is 0 Å². The van der Waals surface area contributed by atoms with Gasteiger partial charge in [-0.25, -0.2) is 0 Å². The molecule has 2 aromatic rings. The second-order valence-corrected chi connectivity index (χ2v) is 4.39. The van der Waals surface area contributed by atoms with E-state index in [0.29, 0.717) is 5.76 Å². The third-order valence-corrected chi connectivity index (χ3v) is 2.77. The minimum Gasteiger partial charge on any atom is -0.461 e. The van der Waals surface area contributed by atoms with Gasteiger partial charge in [-0.05, 0) is 19.1 Å². The second kappa shape index (κ2) is 5.09. The summed E-state index contributed by atoms with van der Waals surface area (Å²) < 4.78 is 42.0. The zero-order valence-corrected chi connectivity index (χ0v) is 10.2. The van der Waals surface area contributed by atoms with E-state index in [-0.39, 0.29) is 5.76 Å². The van der Waals surface area contributed by atoms with Crippen molar-refractivity contribution in [2.24, 2.45) is 0 Å². The quantitative estimate of drug-likeness (QED) is 0.922. The van der Waals surface area contributed by atoms with Gasteiger partial charge in [0.2, 0.25) is 0 Å². The first-order valence-electron chi connectivity index (χ1n) is 5.77. The minimum atomic E-state index is -4.63. The molecule has 0 saturated heterocycles. The smallest absolute Gasteiger partial charge is 0.414 e. The summed E-state index contributed by atoms with van der Waals surface area (Å²) in [5, 5.41) is 8.97. The van der Waals surface area contributed by atoms with Gasteiger partial charge in [0.1, 0.15) is 11.5 Å². The van der Waals surface area contributed by atoms with E-state index in [2.05, 4.69) is 0 Å². The van der Waals surface area contributed by atoms with Gasteiger partial charge in [-0.1, -0.05) is 29.8 Å². The molecule has 0 radical (unpaired) electrons. The van der Waals surface area contributed by atoms with E-state index < -0.39 is 18.7 Å². The van der Waals surface area contributed by atoms with Crippen LogP contribution in [-0.2, 0) is 6.42 Å². The monoisotopic (exact) mass is 270 g/mol. The number of aliphatic hydroxyl groups is 1. The van der Waals surface area contributed by atoms with Gasteiger partial charge in [-0.15, -0.1) is 0 Å². The molecule has 1 atom stereocenters. The predicted molar refractivity (Wildman–Crippen MR) is 64.6 cm³/mol. The molecule has 0 amide bonds. The summed E-state index contributed by atoms with van der Waals surface area (Å²) in [6.07, 6.45) is -7.60. The Balaban J connectivity index is 2.13. The standard InChI is InChI=1S/C14H13F3O2/c1-9-2-4-10(5-3-9)12-7-6-11(19-12)8-13(18)14(15,16)17/h2-7,13,18H,8H2,1H3. The molecule has 0 aliphatic heterocycles. The van der Waals surface area contributed by atoms with Crippen LogP contribution in [0.1, 0.15) is 11.3 Å². The molecule has 1 heterocycles. The Hall–Kier alpha value is -1.75. The zero-order valence-electron chi connectivity index (χ0n) is 10.2. The molecule has 2 nitrogen and oxygen atoms in total. The lowest BCUT2D eigenvalue weighted by atomic mass is 10.1. The average molecular weight is 270 g/mol. The van der Waals surface area contributed by atoms with Gasteiger partial charge in [0.05, 0.1) is 0 Å². The molecule has 5 heteroatoms. The molecular formula is C14H13F3O2. The number of rotatable bonds is 3. The summed E-state index contributed by atoms with van der Waals surface area (Å²) in [5.74, 6) is 0.602. The highest BCUT2D eigenvalue weighted by Crippen LogP contribution is 2.27. The summed E-state index contributed by atoms with van der Waals surface area (Å²) in [6, 6.07) is 10.5. The van der Waals surface area contributed by atoms with Crippen LogP contribution < -0.4 is 0 Å². The van der Waals surface area contributed by atoms with Crippen LogP contribution in [0.5, 0.6) is 0 Å². The second-order valence-electron chi connectivity index (χ2n) is 4.39. The number of halogens is 3. The van der Waals surface area contributed by atoms with E-state index in [1.807, 2.05) is 31.2 Å². The van der Waals surface area contributed by atoms with Crippen LogP contribution >= 0.6 is 0 Å². The first kappa shape index (κ1) is 13.7. The molecule has 0 spiro atoms. The van der Waals surface area contributed by atoms with E-state index in [9.17, 15) is 13.2 Å². The van der Waals surface area contributed by atoms with Gasteiger partial charge < -0.3 is 9.52 Å². The third-order valence-electron chi connectivity index (χ3n) is 2.77. The van der Waals surface area contributed by atoms with Crippen molar-refractivity contribution in [3.05, 3.63) is 47.7 Å². The third kappa shape index (κ3) is 3.38. The Morgan fingerprint density at radius 1 is 1.11 bits per heavy atom. The van der Waals surface area contributed by atoms with Crippen LogP contribution in [0, 0.1) is 6.92 Å². The highest BCUT2D eigenvalue weighted by Gasteiger charge is 2.38. The van der Waals surface area contributed by atoms with Crippen LogP contribution in [0.2, 0.25) is 0 Å². The lowest BCUT2D eigenvalue weighted by Crippen LogP contribution is -2.30. The number of aliphatic hydroxyl groups excluding tert-OH is 1.